The summed E-state index contributed by atoms with van der Waals surface area (Å²) >= 11 is 0. The van der Waals surface area contributed by atoms with Crippen LogP contribution in [0.25, 0.3) is 0 Å². The van der Waals surface area contributed by atoms with Crippen LogP contribution in [0.4, 0.5) is 5.69 Å². The van der Waals surface area contributed by atoms with Gasteiger partial charge in [0.25, 0.3) is 5.91 Å². The van der Waals surface area contributed by atoms with Crippen LogP contribution < -0.4 is 5.32 Å². The van der Waals surface area contributed by atoms with E-state index in [4.69, 9.17) is 9.47 Å². The molecule has 2 aromatic rings. The fourth-order valence-electron chi connectivity index (χ4n) is 2.74. The Hall–Kier alpha value is -2.17. The third-order valence-corrected chi connectivity index (χ3v) is 4.52. The topological polar surface area (TPSA) is 47.6 Å². The Morgan fingerprint density at radius 3 is 2.28 bits per heavy atom. The summed E-state index contributed by atoms with van der Waals surface area (Å²) in [6, 6.07) is 15.1. The SMILES string of the molecule is Cc1ccc(C2(C)OCC(C)(C)CO2)cc1NC(=O)c1ccccc1. The number of nitrogens with one attached hydrogen (secondary N) is 1. The smallest absolute Gasteiger partial charge is 0.255 e. The van der Waals surface area contributed by atoms with E-state index in [1.54, 1.807) is 12.1 Å². The van der Waals surface area contributed by atoms with Crippen LogP contribution in [-0.2, 0) is 15.3 Å². The fraction of sp³-hybridized carbons (Fsp3) is 0.381. The first-order valence-electron chi connectivity index (χ1n) is 8.55. The van der Waals surface area contributed by atoms with E-state index in [2.05, 4.69) is 19.2 Å². The highest BCUT2D eigenvalue weighted by Gasteiger charge is 2.38. The number of carbonyl (C=O) groups excluding carboxylic acids is 1. The summed E-state index contributed by atoms with van der Waals surface area (Å²) in [7, 11) is 0. The van der Waals surface area contributed by atoms with Gasteiger partial charge >= 0.3 is 0 Å². The number of ether oxygens (including phenoxy) is 2. The lowest BCUT2D eigenvalue weighted by molar-refractivity contribution is -0.298. The average Bonchev–Trinajstić information content (AvgIpc) is 2.60. The van der Waals surface area contributed by atoms with Gasteiger partial charge in [-0.25, -0.2) is 0 Å². The molecule has 0 unspecified atom stereocenters. The highest BCUT2D eigenvalue weighted by molar-refractivity contribution is 6.04. The Bertz CT molecular complexity index is 758. The van der Waals surface area contributed by atoms with E-state index < -0.39 is 5.79 Å². The van der Waals surface area contributed by atoms with Gasteiger partial charge in [0, 0.05) is 22.2 Å². The van der Waals surface area contributed by atoms with Gasteiger partial charge in [-0.3, -0.25) is 4.79 Å². The van der Waals surface area contributed by atoms with Crippen LogP contribution in [0, 0.1) is 12.3 Å². The molecule has 1 aliphatic rings. The minimum atomic E-state index is -0.796. The Balaban J connectivity index is 1.82. The second-order valence-corrected chi connectivity index (χ2v) is 7.54. The number of amides is 1. The molecule has 1 heterocycles. The van der Waals surface area contributed by atoms with Crippen molar-refractivity contribution in [2.45, 2.75) is 33.5 Å². The predicted octanol–water partition coefficient (Wildman–Crippen LogP) is 4.49. The Kier molecular flexibility index (Phi) is 4.67. The highest BCUT2D eigenvalue weighted by atomic mass is 16.7. The Morgan fingerprint density at radius 2 is 1.64 bits per heavy atom. The average molecular weight is 339 g/mol. The third-order valence-electron chi connectivity index (χ3n) is 4.52. The van der Waals surface area contributed by atoms with Gasteiger partial charge in [-0.15, -0.1) is 0 Å². The van der Waals surface area contributed by atoms with Crippen LogP contribution in [0.5, 0.6) is 0 Å². The molecular formula is C21H25NO3. The molecule has 1 N–H and O–H groups in total. The zero-order valence-electron chi connectivity index (χ0n) is 15.3. The fourth-order valence-corrected chi connectivity index (χ4v) is 2.74. The van der Waals surface area contributed by atoms with Gasteiger partial charge in [-0.05, 0) is 37.6 Å². The number of carbonyl (C=O) groups is 1. The van der Waals surface area contributed by atoms with E-state index in [1.807, 2.05) is 50.2 Å². The van der Waals surface area contributed by atoms with E-state index in [0.717, 1.165) is 16.8 Å². The molecule has 25 heavy (non-hydrogen) atoms. The van der Waals surface area contributed by atoms with Crippen LogP contribution in [0.2, 0.25) is 0 Å². The molecule has 1 aliphatic heterocycles. The Labute approximate surface area is 149 Å². The molecule has 0 aliphatic carbocycles. The number of anilines is 1. The third kappa shape index (κ3) is 3.91. The van der Waals surface area contributed by atoms with Gasteiger partial charge in [0.15, 0.2) is 5.79 Å². The van der Waals surface area contributed by atoms with E-state index in [9.17, 15) is 4.79 Å². The van der Waals surface area contributed by atoms with Crippen molar-refractivity contribution < 1.29 is 14.3 Å². The number of benzene rings is 2. The molecule has 0 atom stereocenters. The van der Waals surface area contributed by atoms with Crippen LogP contribution >= 0.6 is 0 Å². The number of rotatable bonds is 3. The summed E-state index contributed by atoms with van der Waals surface area (Å²) in [4.78, 5) is 12.4. The second kappa shape index (κ2) is 6.62. The Morgan fingerprint density at radius 1 is 1.00 bits per heavy atom. The molecule has 132 valence electrons. The van der Waals surface area contributed by atoms with Crippen molar-refractivity contribution in [2.75, 3.05) is 18.5 Å². The molecule has 1 fully saturated rings. The summed E-state index contributed by atoms with van der Waals surface area (Å²) in [6.07, 6.45) is 0. The summed E-state index contributed by atoms with van der Waals surface area (Å²) in [5.74, 6) is -0.923. The maximum atomic E-state index is 12.4. The first-order chi connectivity index (χ1) is 11.8. The molecule has 0 aromatic heterocycles. The van der Waals surface area contributed by atoms with E-state index in [1.165, 1.54) is 0 Å². The maximum absolute atomic E-state index is 12.4. The van der Waals surface area contributed by atoms with Crippen molar-refractivity contribution in [3.63, 3.8) is 0 Å². The van der Waals surface area contributed by atoms with Gasteiger partial charge < -0.3 is 14.8 Å². The standard InChI is InChI=1S/C21H25NO3/c1-15-10-11-17(21(4)24-13-20(2,3)14-25-21)12-18(15)22-19(23)16-8-6-5-7-9-16/h5-12H,13-14H2,1-4H3,(H,22,23). The molecule has 0 radical (unpaired) electrons. The number of hydrogen-bond acceptors (Lipinski definition) is 3. The molecule has 0 spiro atoms. The van der Waals surface area contributed by atoms with Crippen molar-refractivity contribution >= 4 is 11.6 Å². The number of hydrogen-bond donors (Lipinski definition) is 1. The van der Waals surface area contributed by atoms with Crippen molar-refractivity contribution in [1.29, 1.82) is 0 Å². The van der Waals surface area contributed by atoms with Gasteiger partial charge in [0.2, 0.25) is 0 Å². The van der Waals surface area contributed by atoms with Gasteiger partial charge in [-0.2, -0.15) is 0 Å². The van der Waals surface area contributed by atoms with Gasteiger partial charge in [0.05, 0.1) is 13.2 Å². The van der Waals surface area contributed by atoms with Crippen molar-refractivity contribution in [3.8, 4) is 0 Å². The summed E-state index contributed by atoms with van der Waals surface area (Å²) < 4.78 is 12.0. The second-order valence-electron chi connectivity index (χ2n) is 7.54. The molecule has 2 aromatic carbocycles. The van der Waals surface area contributed by atoms with E-state index in [0.29, 0.717) is 18.8 Å². The zero-order chi connectivity index (χ0) is 18.1. The van der Waals surface area contributed by atoms with Crippen LogP contribution in [0.15, 0.2) is 48.5 Å². The van der Waals surface area contributed by atoms with Crippen LogP contribution in [0.3, 0.4) is 0 Å². The van der Waals surface area contributed by atoms with Gasteiger partial charge in [0.1, 0.15) is 0 Å². The molecule has 4 heteroatoms. The lowest BCUT2D eigenvalue weighted by Gasteiger charge is -2.41. The molecule has 4 nitrogen and oxygen atoms in total. The number of aryl methyl sites for hydroxylation is 1. The van der Waals surface area contributed by atoms with Crippen LogP contribution in [-0.4, -0.2) is 19.1 Å². The largest absolute Gasteiger partial charge is 0.345 e. The lowest BCUT2D eigenvalue weighted by atomic mass is 9.93. The van der Waals surface area contributed by atoms with E-state index in [-0.39, 0.29) is 11.3 Å². The van der Waals surface area contributed by atoms with Crippen molar-refractivity contribution in [3.05, 3.63) is 65.2 Å². The summed E-state index contributed by atoms with van der Waals surface area (Å²) in [5, 5.41) is 2.99. The molecule has 0 bridgehead atoms. The minimum Gasteiger partial charge on any atom is -0.345 e. The monoisotopic (exact) mass is 339 g/mol. The zero-order valence-corrected chi connectivity index (χ0v) is 15.3. The normalized spacial score (nSPS) is 18.6. The summed E-state index contributed by atoms with van der Waals surface area (Å²) in [6.45, 7) is 9.39. The molecule has 3 rings (SSSR count). The molecule has 1 saturated heterocycles. The van der Waals surface area contributed by atoms with Crippen LogP contribution in [0.1, 0.15) is 42.3 Å². The first-order valence-corrected chi connectivity index (χ1v) is 8.55. The molecular weight excluding hydrogens is 314 g/mol. The van der Waals surface area contributed by atoms with E-state index >= 15 is 0 Å². The summed E-state index contributed by atoms with van der Waals surface area (Å²) in [5.41, 5.74) is 3.30. The minimum absolute atomic E-state index is 0.00849. The van der Waals surface area contributed by atoms with Gasteiger partial charge in [-0.1, -0.05) is 44.2 Å². The molecule has 1 amide bonds. The van der Waals surface area contributed by atoms with Crippen molar-refractivity contribution in [1.82, 2.24) is 0 Å². The lowest BCUT2D eigenvalue weighted by Crippen LogP contribution is -2.43. The maximum Gasteiger partial charge on any atom is 0.255 e. The predicted molar refractivity (Wildman–Crippen MR) is 98.6 cm³/mol. The first kappa shape index (κ1) is 17.6. The quantitative estimate of drug-likeness (QED) is 0.896. The molecule has 0 saturated carbocycles. The van der Waals surface area contributed by atoms with Crippen molar-refractivity contribution in [2.24, 2.45) is 5.41 Å². The highest BCUT2D eigenvalue weighted by Crippen LogP contribution is 2.37.